The molecule has 0 radical (unpaired) electrons. The predicted molar refractivity (Wildman–Crippen MR) is 72.3 cm³/mol. The second-order valence-electron chi connectivity index (χ2n) is 4.20. The van der Waals surface area contributed by atoms with Gasteiger partial charge in [-0.05, 0) is 32.7 Å². The number of carbonyl (C=O) groups excluding carboxylic acids is 1. The van der Waals surface area contributed by atoms with Crippen molar-refractivity contribution < 1.29 is 4.79 Å². The summed E-state index contributed by atoms with van der Waals surface area (Å²) in [6.07, 6.45) is 2.61. The van der Waals surface area contributed by atoms with E-state index in [2.05, 4.69) is 17.2 Å². The smallest absolute Gasteiger partial charge is 0.228 e. The van der Waals surface area contributed by atoms with E-state index >= 15 is 0 Å². The van der Waals surface area contributed by atoms with Gasteiger partial charge in [-0.15, -0.1) is 11.3 Å². The normalized spacial score (nSPS) is 12.5. The molecule has 0 bridgehead atoms. The average molecular weight is 255 g/mol. The Morgan fingerprint density at radius 1 is 1.59 bits per heavy atom. The van der Waals surface area contributed by atoms with Crippen molar-refractivity contribution in [3.8, 4) is 0 Å². The fraction of sp³-hybridized carbons (Fsp3) is 0.667. The van der Waals surface area contributed by atoms with Gasteiger partial charge in [-0.3, -0.25) is 4.79 Å². The molecule has 3 N–H and O–H groups in total. The van der Waals surface area contributed by atoms with Crippen molar-refractivity contribution in [1.82, 2.24) is 4.98 Å². The molecule has 4 nitrogen and oxygen atoms in total. The van der Waals surface area contributed by atoms with Crippen LogP contribution in [0.4, 0.5) is 5.13 Å². The van der Waals surface area contributed by atoms with Crippen molar-refractivity contribution >= 4 is 22.4 Å². The number of nitrogens with one attached hydrogen (secondary N) is 1. The minimum Gasteiger partial charge on any atom is -0.330 e. The zero-order valence-electron chi connectivity index (χ0n) is 10.7. The summed E-state index contributed by atoms with van der Waals surface area (Å²) in [5.74, 6) is 0.0303. The van der Waals surface area contributed by atoms with Crippen LogP contribution in [0.5, 0.6) is 0 Å². The number of amides is 1. The largest absolute Gasteiger partial charge is 0.330 e. The molecule has 0 saturated carbocycles. The Labute approximate surface area is 107 Å². The van der Waals surface area contributed by atoms with E-state index in [1.807, 2.05) is 13.8 Å². The molecule has 0 aromatic carbocycles. The third-order valence-electron chi connectivity index (χ3n) is 2.75. The van der Waals surface area contributed by atoms with Gasteiger partial charge in [-0.2, -0.15) is 0 Å². The molecule has 1 heterocycles. The number of nitrogens with two attached hydrogens (primary N) is 1. The van der Waals surface area contributed by atoms with Gasteiger partial charge in [0.15, 0.2) is 5.13 Å². The van der Waals surface area contributed by atoms with Crippen molar-refractivity contribution in [3.63, 3.8) is 0 Å². The second kappa shape index (κ2) is 6.71. The van der Waals surface area contributed by atoms with E-state index in [4.69, 9.17) is 5.73 Å². The lowest BCUT2D eigenvalue weighted by molar-refractivity contribution is -0.119. The van der Waals surface area contributed by atoms with Crippen molar-refractivity contribution in [3.05, 3.63) is 10.6 Å². The fourth-order valence-corrected chi connectivity index (χ4v) is 2.50. The zero-order valence-corrected chi connectivity index (χ0v) is 11.6. The van der Waals surface area contributed by atoms with Crippen LogP contribution < -0.4 is 11.1 Å². The Hall–Kier alpha value is -0.940. The lowest BCUT2D eigenvalue weighted by Crippen LogP contribution is -2.21. The van der Waals surface area contributed by atoms with Gasteiger partial charge in [0, 0.05) is 10.8 Å². The molecule has 1 unspecified atom stereocenters. The Balaban J connectivity index is 2.55. The van der Waals surface area contributed by atoms with E-state index in [1.54, 1.807) is 11.3 Å². The molecule has 0 aliphatic carbocycles. The third-order valence-corrected chi connectivity index (χ3v) is 3.68. The Morgan fingerprint density at radius 2 is 2.29 bits per heavy atom. The second-order valence-corrected chi connectivity index (χ2v) is 5.40. The first kappa shape index (κ1) is 14.1. The zero-order chi connectivity index (χ0) is 12.8. The van der Waals surface area contributed by atoms with Crippen molar-refractivity contribution in [2.75, 3.05) is 11.9 Å². The fourth-order valence-electron chi connectivity index (χ4n) is 1.59. The number of aromatic nitrogens is 1. The Bertz CT molecular complexity index is 376. The third kappa shape index (κ3) is 4.09. The summed E-state index contributed by atoms with van der Waals surface area (Å²) in [5.41, 5.74) is 6.50. The van der Waals surface area contributed by atoms with Crippen molar-refractivity contribution in [1.29, 1.82) is 0 Å². The molecule has 0 aliphatic heterocycles. The number of aryl methyl sites for hydroxylation is 2. The molecule has 1 rings (SSSR count). The van der Waals surface area contributed by atoms with Crippen LogP contribution in [0.25, 0.3) is 0 Å². The molecule has 0 saturated heterocycles. The number of anilines is 1. The first-order chi connectivity index (χ1) is 8.08. The summed E-state index contributed by atoms with van der Waals surface area (Å²) in [5, 5.41) is 3.59. The minimum absolute atomic E-state index is 0.00664. The molecule has 5 heteroatoms. The SMILES string of the molecule is CCc1nc(NC(=O)C(C)CCCN)sc1C. The molecule has 0 fully saturated rings. The van der Waals surface area contributed by atoms with Crippen LogP contribution in [0, 0.1) is 12.8 Å². The quantitative estimate of drug-likeness (QED) is 0.819. The maximum Gasteiger partial charge on any atom is 0.228 e. The van der Waals surface area contributed by atoms with Crippen LogP contribution >= 0.6 is 11.3 Å². The highest BCUT2D eigenvalue weighted by molar-refractivity contribution is 7.15. The van der Waals surface area contributed by atoms with E-state index in [0.29, 0.717) is 11.7 Å². The predicted octanol–water partition coefficient (Wildman–Crippen LogP) is 2.33. The van der Waals surface area contributed by atoms with Crippen LogP contribution in [0.2, 0.25) is 0 Å². The van der Waals surface area contributed by atoms with Gasteiger partial charge in [-0.1, -0.05) is 13.8 Å². The molecular formula is C12H21N3OS. The Morgan fingerprint density at radius 3 is 2.82 bits per heavy atom. The molecule has 17 heavy (non-hydrogen) atoms. The monoisotopic (exact) mass is 255 g/mol. The molecule has 0 aliphatic rings. The number of thiazole rings is 1. The molecule has 1 aromatic rings. The highest BCUT2D eigenvalue weighted by Crippen LogP contribution is 2.23. The molecule has 1 aromatic heterocycles. The minimum atomic E-state index is -0.00664. The van der Waals surface area contributed by atoms with Crippen LogP contribution in [-0.2, 0) is 11.2 Å². The maximum atomic E-state index is 11.8. The standard InChI is InChI=1S/C12H21N3OS/c1-4-10-9(3)17-12(14-10)15-11(16)8(2)6-5-7-13/h8H,4-7,13H2,1-3H3,(H,14,15,16). The molecule has 1 amide bonds. The summed E-state index contributed by atoms with van der Waals surface area (Å²) in [6, 6.07) is 0. The van der Waals surface area contributed by atoms with E-state index < -0.39 is 0 Å². The van der Waals surface area contributed by atoms with Gasteiger partial charge in [0.2, 0.25) is 5.91 Å². The molecular weight excluding hydrogens is 234 g/mol. The summed E-state index contributed by atoms with van der Waals surface area (Å²) in [4.78, 5) is 17.4. The average Bonchev–Trinajstić information content (AvgIpc) is 2.66. The summed E-state index contributed by atoms with van der Waals surface area (Å²) in [6.45, 7) is 6.65. The van der Waals surface area contributed by atoms with E-state index in [0.717, 1.165) is 25.0 Å². The van der Waals surface area contributed by atoms with Crippen LogP contribution in [0.1, 0.15) is 37.3 Å². The van der Waals surface area contributed by atoms with Gasteiger partial charge < -0.3 is 11.1 Å². The lowest BCUT2D eigenvalue weighted by atomic mass is 10.1. The van der Waals surface area contributed by atoms with Crippen LogP contribution in [-0.4, -0.2) is 17.4 Å². The number of hydrogen-bond donors (Lipinski definition) is 2. The van der Waals surface area contributed by atoms with Gasteiger partial charge in [0.25, 0.3) is 0 Å². The van der Waals surface area contributed by atoms with E-state index in [-0.39, 0.29) is 11.8 Å². The van der Waals surface area contributed by atoms with Gasteiger partial charge in [-0.25, -0.2) is 4.98 Å². The topological polar surface area (TPSA) is 68.0 Å². The molecule has 0 spiro atoms. The number of nitrogens with zero attached hydrogens (tertiary/aromatic N) is 1. The number of rotatable bonds is 6. The summed E-state index contributed by atoms with van der Waals surface area (Å²) in [7, 11) is 0. The molecule has 96 valence electrons. The Kier molecular flexibility index (Phi) is 5.58. The van der Waals surface area contributed by atoms with Crippen LogP contribution in [0.15, 0.2) is 0 Å². The number of carbonyl (C=O) groups is 1. The van der Waals surface area contributed by atoms with Gasteiger partial charge in [0.05, 0.1) is 5.69 Å². The van der Waals surface area contributed by atoms with Crippen molar-refractivity contribution in [2.24, 2.45) is 11.7 Å². The van der Waals surface area contributed by atoms with E-state index in [9.17, 15) is 4.79 Å². The van der Waals surface area contributed by atoms with Gasteiger partial charge >= 0.3 is 0 Å². The molecule has 1 atom stereocenters. The number of hydrogen-bond acceptors (Lipinski definition) is 4. The highest BCUT2D eigenvalue weighted by atomic mass is 32.1. The first-order valence-electron chi connectivity index (χ1n) is 6.05. The van der Waals surface area contributed by atoms with Crippen LogP contribution in [0.3, 0.4) is 0 Å². The summed E-state index contributed by atoms with van der Waals surface area (Å²) < 4.78 is 0. The van der Waals surface area contributed by atoms with Crippen molar-refractivity contribution in [2.45, 2.75) is 40.0 Å². The maximum absolute atomic E-state index is 11.8. The van der Waals surface area contributed by atoms with Gasteiger partial charge in [0.1, 0.15) is 0 Å². The lowest BCUT2D eigenvalue weighted by Gasteiger charge is -2.09. The summed E-state index contributed by atoms with van der Waals surface area (Å²) >= 11 is 1.54. The first-order valence-corrected chi connectivity index (χ1v) is 6.87. The highest BCUT2D eigenvalue weighted by Gasteiger charge is 2.14. The van der Waals surface area contributed by atoms with E-state index in [1.165, 1.54) is 4.88 Å².